The molecule has 0 fully saturated rings. The molecule has 1 aromatic heterocycles. The first-order chi connectivity index (χ1) is 12.5. The minimum absolute atomic E-state index is 0. The largest absolute Gasteiger partial charge is 0.497 e. The summed E-state index contributed by atoms with van der Waals surface area (Å²) < 4.78 is 5.26. The van der Waals surface area contributed by atoms with Crippen molar-refractivity contribution in [3.8, 4) is 5.75 Å². The molecule has 0 bridgehead atoms. The molecule has 1 unspecified atom stereocenters. The number of halogens is 1. The molecule has 5 nitrogen and oxygen atoms in total. The molecule has 1 atom stereocenters. The number of aliphatic imine (C=N–C) groups is 1. The number of aryl methyl sites for hydroxylation is 1. The maximum absolute atomic E-state index is 5.26. The number of likely N-dealkylation sites (N-methyl/N-ethyl adjacent to an activating group) is 1. The molecule has 0 aliphatic rings. The quantitative estimate of drug-likeness (QED) is 0.325. The smallest absolute Gasteiger partial charge is 0.191 e. The van der Waals surface area contributed by atoms with Gasteiger partial charge in [-0.2, -0.15) is 0 Å². The molecule has 0 aliphatic carbocycles. The molecule has 2 aromatic rings. The van der Waals surface area contributed by atoms with Crippen molar-refractivity contribution >= 4 is 41.3 Å². The first-order valence-electron chi connectivity index (χ1n) is 8.90. The van der Waals surface area contributed by atoms with Crippen molar-refractivity contribution in [3.05, 3.63) is 51.7 Å². The number of ether oxygens (including phenoxy) is 1. The van der Waals surface area contributed by atoms with E-state index >= 15 is 0 Å². The zero-order chi connectivity index (χ0) is 18.9. The van der Waals surface area contributed by atoms with E-state index < -0.39 is 0 Å². The normalized spacial score (nSPS) is 12.4. The number of rotatable bonds is 8. The van der Waals surface area contributed by atoms with Crippen LogP contribution in [0.4, 0.5) is 0 Å². The van der Waals surface area contributed by atoms with Crippen molar-refractivity contribution in [3.63, 3.8) is 0 Å². The number of nitrogens with zero attached hydrogens (tertiary/aromatic N) is 2. The summed E-state index contributed by atoms with van der Waals surface area (Å²) >= 11 is 1.76. The zero-order valence-electron chi connectivity index (χ0n) is 16.8. The van der Waals surface area contributed by atoms with Crippen LogP contribution in [-0.4, -0.2) is 45.2 Å². The van der Waals surface area contributed by atoms with E-state index in [0.717, 1.165) is 24.8 Å². The maximum Gasteiger partial charge on any atom is 0.191 e. The molecule has 0 saturated carbocycles. The van der Waals surface area contributed by atoms with E-state index in [2.05, 4.69) is 67.1 Å². The van der Waals surface area contributed by atoms with Crippen LogP contribution in [0.1, 0.15) is 29.0 Å². The molecule has 2 N–H and O–H groups in total. The SMILES string of the molecule is CCNC(=NCc1sccc1C)NCC(c1ccc(OC)cc1)N(C)C.I. The second-order valence-corrected chi connectivity index (χ2v) is 7.36. The third-order valence-corrected chi connectivity index (χ3v) is 5.29. The lowest BCUT2D eigenvalue weighted by molar-refractivity contribution is 0.298. The van der Waals surface area contributed by atoms with E-state index in [-0.39, 0.29) is 30.0 Å². The lowest BCUT2D eigenvalue weighted by atomic mass is 10.1. The number of benzene rings is 1. The Balaban J connectivity index is 0.00000364. The summed E-state index contributed by atoms with van der Waals surface area (Å²) in [5.74, 6) is 1.72. The molecule has 27 heavy (non-hydrogen) atoms. The van der Waals surface area contributed by atoms with E-state index in [9.17, 15) is 0 Å². The Labute approximate surface area is 184 Å². The minimum atomic E-state index is 0. The van der Waals surface area contributed by atoms with Crippen molar-refractivity contribution in [2.45, 2.75) is 26.4 Å². The Morgan fingerprint density at radius 3 is 2.41 bits per heavy atom. The molecule has 0 spiro atoms. The minimum Gasteiger partial charge on any atom is -0.497 e. The molecule has 0 saturated heterocycles. The van der Waals surface area contributed by atoms with Crippen LogP contribution < -0.4 is 15.4 Å². The molecular formula is C20H31IN4OS. The molecule has 2 rings (SSSR count). The predicted octanol–water partition coefficient (Wildman–Crippen LogP) is 4.04. The Hall–Kier alpha value is -1.32. The van der Waals surface area contributed by atoms with Gasteiger partial charge in [0.1, 0.15) is 5.75 Å². The fourth-order valence-corrected chi connectivity index (χ4v) is 3.51. The summed E-state index contributed by atoms with van der Waals surface area (Å²) in [6.07, 6.45) is 0. The molecule has 0 radical (unpaired) electrons. The number of methoxy groups -OCH3 is 1. The predicted molar refractivity (Wildman–Crippen MR) is 127 cm³/mol. The standard InChI is InChI=1S/C20H30N4OS.HI/c1-6-21-20(23-14-19-15(2)11-12-26-19)22-13-18(24(3)4)16-7-9-17(25-5)10-8-16;/h7-12,18H,6,13-14H2,1-5H3,(H2,21,22,23);1H. The fraction of sp³-hybridized carbons (Fsp3) is 0.450. The monoisotopic (exact) mass is 502 g/mol. The first-order valence-corrected chi connectivity index (χ1v) is 9.78. The van der Waals surface area contributed by atoms with Crippen molar-refractivity contribution in [2.24, 2.45) is 4.99 Å². The lowest BCUT2D eigenvalue weighted by Gasteiger charge is -2.26. The highest BCUT2D eigenvalue weighted by Crippen LogP contribution is 2.21. The van der Waals surface area contributed by atoms with Gasteiger partial charge < -0.3 is 20.3 Å². The summed E-state index contributed by atoms with van der Waals surface area (Å²) in [4.78, 5) is 8.25. The number of guanidine groups is 1. The van der Waals surface area contributed by atoms with Gasteiger partial charge in [-0.15, -0.1) is 35.3 Å². The molecular weight excluding hydrogens is 471 g/mol. The van der Waals surface area contributed by atoms with Crippen LogP contribution in [0.5, 0.6) is 5.75 Å². The molecule has 150 valence electrons. The Morgan fingerprint density at radius 1 is 1.19 bits per heavy atom. The summed E-state index contributed by atoms with van der Waals surface area (Å²) in [5, 5.41) is 8.93. The molecule has 0 aliphatic heterocycles. The van der Waals surface area contributed by atoms with Gasteiger partial charge in [-0.25, -0.2) is 4.99 Å². The van der Waals surface area contributed by atoms with Crippen LogP contribution in [0.25, 0.3) is 0 Å². The summed E-state index contributed by atoms with van der Waals surface area (Å²) in [7, 11) is 5.87. The van der Waals surface area contributed by atoms with Gasteiger partial charge in [0.25, 0.3) is 0 Å². The third kappa shape index (κ3) is 7.31. The molecule has 1 heterocycles. The van der Waals surface area contributed by atoms with Gasteiger partial charge >= 0.3 is 0 Å². The van der Waals surface area contributed by atoms with Gasteiger partial charge in [0, 0.05) is 18.0 Å². The van der Waals surface area contributed by atoms with Crippen LogP contribution in [0, 0.1) is 6.92 Å². The van der Waals surface area contributed by atoms with Crippen LogP contribution >= 0.6 is 35.3 Å². The van der Waals surface area contributed by atoms with E-state index in [1.807, 2.05) is 12.1 Å². The third-order valence-electron chi connectivity index (χ3n) is 4.28. The van der Waals surface area contributed by atoms with E-state index in [1.165, 1.54) is 16.0 Å². The van der Waals surface area contributed by atoms with Gasteiger partial charge in [-0.05, 0) is 62.6 Å². The molecule has 7 heteroatoms. The summed E-state index contributed by atoms with van der Waals surface area (Å²) in [6.45, 7) is 6.53. The van der Waals surface area contributed by atoms with E-state index in [1.54, 1.807) is 18.4 Å². The number of hydrogen-bond donors (Lipinski definition) is 2. The van der Waals surface area contributed by atoms with Crippen molar-refractivity contribution in [1.82, 2.24) is 15.5 Å². The molecule has 1 aromatic carbocycles. The fourth-order valence-electron chi connectivity index (χ4n) is 2.68. The van der Waals surface area contributed by atoms with Crippen molar-refractivity contribution in [2.75, 3.05) is 34.3 Å². The second kappa shape index (κ2) is 12.2. The zero-order valence-corrected chi connectivity index (χ0v) is 19.9. The van der Waals surface area contributed by atoms with E-state index in [4.69, 9.17) is 9.73 Å². The number of hydrogen-bond acceptors (Lipinski definition) is 4. The highest BCUT2D eigenvalue weighted by molar-refractivity contribution is 14.0. The van der Waals surface area contributed by atoms with Crippen LogP contribution in [0.3, 0.4) is 0 Å². The van der Waals surface area contributed by atoms with Gasteiger partial charge in [0.2, 0.25) is 0 Å². The van der Waals surface area contributed by atoms with Crippen LogP contribution in [0.15, 0.2) is 40.7 Å². The highest BCUT2D eigenvalue weighted by Gasteiger charge is 2.15. The maximum atomic E-state index is 5.26. The van der Waals surface area contributed by atoms with Gasteiger partial charge in [0.15, 0.2) is 5.96 Å². The van der Waals surface area contributed by atoms with Gasteiger partial charge in [-0.1, -0.05) is 12.1 Å². The summed E-state index contributed by atoms with van der Waals surface area (Å²) in [5.41, 5.74) is 2.55. The number of thiophene rings is 1. The lowest BCUT2D eigenvalue weighted by Crippen LogP contribution is -2.41. The van der Waals surface area contributed by atoms with Crippen molar-refractivity contribution < 1.29 is 4.74 Å². The Kier molecular flexibility index (Phi) is 10.7. The van der Waals surface area contributed by atoms with E-state index in [0.29, 0.717) is 6.54 Å². The van der Waals surface area contributed by atoms with Gasteiger partial charge in [-0.3, -0.25) is 0 Å². The molecule has 0 amide bonds. The van der Waals surface area contributed by atoms with Crippen molar-refractivity contribution in [1.29, 1.82) is 0 Å². The average Bonchev–Trinajstić information content (AvgIpc) is 3.05. The second-order valence-electron chi connectivity index (χ2n) is 6.36. The Morgan fingerprint density at radius 2 is 1.89 bits per heavy atom. The topological polar surface area (TPSA) is 48.9 Å². The first kappa shape index (κ1) is 23.7. The summed E-state index contributed by atoms with van der Waals surface area (Å²) in [6, 6.07) is 10.6. The number of nitrogens with one attached hydrogen (secondary N) is 2. The van der Waals surface area contributed by atoms with Gasteiger partial charge in [0.05, 0.1) is 19.7 Å². The highest BCUT2D eigenvalue weighted by atomic mass is 127. The average molecular weight is 502 g/mol. The Bertz CT molecular complexity index is 700. The van der Waals surface area contributed by atoms with Crippen LogP contribution in [-0.2, 0) is 6.54 Å². The van der Waals surface area contributed by atoms with Crippen LogP contribution in [0.2, 0.25) is 0 Å².